The summed E-state index contributed by atoms with van der Waals surface area (Å²) in [6.07, 6.45) is 1.78. The number of nitriles is 1. The molecule has 11 heteroatoms. The second-order valence-electron chi connectivity index (χ2n) is 8.15. The van der Waals surface area contributed by atoms with Crippen molar-refractivity contribution in [1.82, 2.24) is 9.80 Å². The Balaban J connectivity index is -0.000000777. The molecule has 8 nitrogen and oxygen atoms in total. The summed E-state index contributed by atoms with van der Waals surface area (Å²) in [5.74, 6) is -1.48. The number of carboxylic acids is 1. The maximum absolute atomic E-state index is 13.4. The number of hydrogen-bond acceptors (Lipinski definition) is 5. The number of nitrogens with one attached hydrogen (secondary N) is 1. The van der Waals surface area contributed by atoms with Gasteiger partial charge in [0.1, 0.15) is 18.0 Å². The van der Waals surface area contributed by atoms with Crippen LogP contribution in [0.15, 0.2) is 42.5 Å². The largest absolute Gasteiger partial charge is 2.00 e. The van der Waals surface area contributed by atoms with Gasteiger partial charge in [0.25, 0.3) is 0 Å². The Morgan fingerprint density at radius 3 is 2.40 bits per heavy atom. The third kappa shape index (κ3) is 9.05. The normalized spacial score (nSPS) is 15.4. The van der Waals surface area contributed by atoms with Gasteiger partial charge in [0.05, 0.1) is 18.2 Å². The van der Waals surface area contributed by atoms with Crippen molar-refractivity contribution in [1.29, 1.82) is 10.7 Å². The van der Waals surface area contributed by atoms with E-state index in [0.717, 1.165) is 41.0 Å². The summed E-state index contributed by atoms with van der Waals surface area (Å²) in [4.78, 5) is 13.2. The first kappa shape index (κ1) is 32.8. The molecule has 0 radical (unpaired) electrons. The number of carbonyl (C=O) groups is 1. The number of aliphatic carboxylic acids is 1. The summed E-state index contributed by atoms with van der Waals surface area (Å²) in [5, 5.41) is 24.0. The van der Waals surface area contributed by atoms with Gasteiger partial charge in [-0.3, -0.25) is 10.2 Å². The molecule has 4 N–H and O–H groups in total. The number of benzene rings is 2. The average Bonchev–Trinajstić information content (AvgIpc) is 3.12. The van der Waals surface area contributed by atoms with E-state index in [4.69, 9.17) is 26.2 Å². The second kappa shape index (κ2) is 15.0. The molecular weight excluding hydrogens is 530 g/mol. The number of halogens is 2. The Labute approximate surface area is 235 Å². The van der Waals surface area contributed by atoms with Crippen LogP contribution < -0.4 is 5.73 Å². The van der Waals surface area contributed by atoms with Crippen molar-refractivity contribution < 1.29 is 21.9 Å². The van der Waals surface area contributed by atoms with Gasteiger partial charge in [-0.25, -0.2) is 4.39 Å². The number of nitrogens with zero attached hydrogens (tertiary/aromatic N) is 3. The van der Waals surface area contributed by atoms with Crippen molar-refractivity contribution in [2.45, 2.75) is 25.0 Å². The molecule has 1 aliphatic heterocycles. The van der Waals surface area contributed by atoms with E-state index >= 15 is 0 Å². The number of nitrogens with two attached hydrogens (primary N) is 1. The van der Waals surface area contributed by atoms with E-state index in [2.05, 4.69) is 11.0 Å². The van der Waals surface area contributed by atoms with Crippen molar-refractivity contribution in [2.75, 3.05) is 34.2 Å². The molecule has 2 aromatic rings. The van der Waals surface area contributed by atoms with Crippen LogP contribution in [0.2, 0.25) is 0 Å². The first-order valence-electron chi connectivity index (χ1n) is 10.4. The molecule has 188 valence electrons. The Bertz CT molecular complexity index is 1040. The van der Waals surface area contributed by atoms with Gasteiger partial charge in [-0.15, -0.1) is 17.0 Å². The summed E-state index contributed by atoms with van der Waals surface area (Å²) in [6, 6.07) is 14.5. The molecule has 0 bridgehead atoms. The fraction of sp³-hybridized carbons (Fsp3) is 0.375. The van der Waals surface area contributed by atoms with E-state index in [1.165, 1.54) is 19.2 Å². The fourth-order valence-corrected chi connectivity index (χ4v) is 3.70. The zero-order valence-electron chi connectivity index (χ0n) is 22.3. The summed E-state index contributed by atoms with van der Waals surface area (Å²) < 4.78 is 19.6. The van der Waals surface area contributed by atoms with Crippen molar-refractivity contribution in [2.24, 2.45) is 5.73 Å². The third-order valence-corrected chi connectivity index (χ3v) is 5.37. The van der Waals surface area contributed by atoms with Gasteiger partial charge in [0, 0.05) is 7.05 Å². The molecule has 0 saturated heterocycles. The number of ether oxygens (including phenoxy) is 1. The van der Waals surface area contributed by atoms with Crippen LogP contribution in [0.1, 0.15) is 37.9 Å². The van der Waals surface area contributed by atoms with Crippen LogP contribution in [-0.2, 0) is 21.7 Å². The molecule has 0 saturated carbocycles. The third-order valence-electron chi connectivity index (χ3n) is 5.37. The van der Waals surface area contributed by atoms with Crippen LogP contribution >= 0.6 is 17.0 Å². The number of rotatable bonds is 7. The molecule has 1 unspecified atom stereocenters. The second-order valence-corrected chi connectivity index (χ2v) is 8.15. The van der Waals surface area contributed by atoms with Gasteiger partial charge in [-0.05, 0) is 74.4 Å². The van der Waals surface area contributed by atoms with E-state index in [0.29, 0.717) is 12.2 Å². The Hall–Kier alpha value is -2.23. The van der Waals surface area contributed by atoms with Crippen molar-refractivity contribution in [3.05, 3.63) is 70.5 Å². The van der Waals surface area contributed by atoms with Crippen LogP contribution in [0, 0.1) is 22.6 Å². The molecule has 0 fully saturated rings. The van der Waals surface area contributed by atoms with Crippen LogP contribution in [0.25, 0.3) is 0 Å². The Kier molecular flexibility index (Phi) is 14.0. The molecular formula is C24H33BrFMgN5O3. The molecule has 0 aliphatic carbocycles. The molecule has 2 aromatic carbocycles. The smallest absolute Gasteiger partial charge is 1.00 e. The van der Waals surface area contributed by atoms with Crippen LogP contribution in [0.4, 0.5) is 4.39 Å². The van der Waals surface area contributed by atoms with Crippen molar-refractivity contribution in [3.63, 3.8) is 0 Å². The predicted molar refractivity (Wildman–Crippen MR) is 141 cm³/mol. The van der Waals surface area contributed by atoms with Crippen LogP contribution in [0.5, 0.6) is 0 Å². The monoisotopic (exact) mass is 561 g/mol. The Morgan fingerprint density at radius 1 is 1.29 bits per heavy atom. The summed E-state index contributed by atoms with van der Waals surface area (Å²) in [5.41, 5.74) is 8.11. The van der Waals surface area contributed by atoms with Gasteiger partial charge in [-0.1, -0.05) is 18.2 Å². The number of fused-ring (bicyclic) bond motifs is 1. The van der Waals surface area contributed by atoms with Crippen molar-refractivity contribution >= 4 is 52.0 Å². The first-order valence-corrected chi connectivity index (χ1v) is 10.4. The summed E-state index contributed by atoms with van der Waals surface area (Å²) >= 11 is 0. The van der Waals surface area contributed by atoms with Gasteiger partial charge in [0.2, 0.25) is 0 Å². The zero-order valence-corrected chi connectivity index (χ0v) is 23.4. The molecule has 1 aliphatic rings. The van der Waals surface area contributed by atoms with E-state index in [1.54, 1.807) is 12.1 Å². The standard InChI is InChI=1S/C20H21FN2O.C4H9N3O2.BrH.Mg.2H/c1-23(2)11-3-10-20(17-5-7-18(21)8-6-17)19-9-4-15(13-22)12-16(19)14-24-20;1-7(4(5)6)2-3(8)9;;;;/h4-9,12H,3,10-11,14H2,1-2H3;2H2,1H3,(H3,5,6)(H,8,9);1H;;;/q;;;+2;2*-1. The van der Waals surface area contributed by atoms with Crippen LogP contribution in [-0.4, -0.2) is 84.1 Å². The van der Waals surface area contributed by atoms with Gasteiger partial charge >= 0.3 is 29.0 Å². The number of hydrogen-bond donors (Lipinski definition) is 3. The van der Waals surface area contributed by atoms with Gasteiger partial charge in [-0.2, -0.15) is 5.26 Å². The number of guanidine groups is 1. The first-order chi connectivity index (χ1) is 15.6. The van der Waals surface area contributed by atoms with E-state index in [9.17, 15) is 9.18 Å². The SMILES string of the molecule is Br.CN(C)CCCC1(c2ccc(F)cc2)OCc2cc(C#N)ccc21.CN(CC(=O)O)C(=N)N.[H-].[H-].[Mg+2]. The fourth-order valence-electron chi connectivity index (χ4n) is 3.70. The molecule has 0 spiro atoms. The molecule has 0 amide bonds. The maximum atomic E-state index is 13.4. The Morgan fingerprint density at radius 2 is 1.91 bits per heavy atom. The zero-order chi connectivity index (χ0) is 24.6. The van der Waals surface area contributed by atoms with Crippen molar-refractivity contribution in [3.8, 4) is 6.07 Å². The van der Waals surface area contributed by atoms with Crippen LogP contribution in [0.3, 0.4) is 0 Å². The quantitative estimate of drug-likeness (QED) is 0.269. The van der Waals surface area contributed by atoms with Gasteiger partial charge < -0.3 is 28.2 Å². The number of likely N-dealkylation sites (N-methyl/N-ethyl adjacent to an activating group) is 1. The summed E-state index contributed by atoms with van der Waals surface area (Å²) in [7, 11) is 5.54. The van der Waals surface area contributed by atoms with E-state index in [1.807, 2.05) is 32.3 Å². The molecule has 35 heavy (non-hydrogen) atoms. The van der Waals surface area contributed by atoms with Gasteiger partial charge in [0.15, 0.2) is 5.96 Å². The molecule has 1 heterocycles. The average molecular weight is 563 g/mol. The molecule has 3 rings (SSSR count). The maximum Gasteiger partial charge on any atom is 2.00 e. The minimum absolute atomic E-state index is 0. The van der Waals surface area contributed by atoms with E-state index < -0.39 is 11.6 Å². The minimum Gasteiger partial charge on any atom is -1.00 e. The minimum atomic E-state index is -0.993. The summed E-state index contributed by atoms with van der Waals surface area (Å²) in [6.45, 7) is 1.21. The number of carboxylic acid groups (broad SMARTS) is 1. The molecule has 0 aromatic heterocycles. The van der Waals surface area contributed by atoms with E-state index in [-0.39, 0.29) is 61.2 Å². The predicted octanol–water partition coefficient (Wildman–Crippen LogP) is 3.13. The topological polar surface area (TPSA) is 127 Å². The molecule has 1 atom stereocenters.